The quantitative estimate of drug-likeness (QED) is 0.365. The fraction of sp³-hybridized carbons (Fsp3) is 0.391. The van der Waals surface area contributed by atoms with E-state index in [4.69, 9.17) is 0 Å². The molecule has 0 spiro atoms. The molecule has 2 aromatic carbocycles. The first-order chi connectivity index (χ1) is 15.1. The predicted octanol–water partition coefficient (Wildman–Crippen LogP) is 6.62. The molecule has 0 radical (unpaired) electrons. The number of hydrogen-bond acceptors (Lipinski definition) is 2. The van der Waals surface area contributed by atoms with Crippen molar-refractivity contribution >= 4 is 23.2 Å². The molecule has 0 aliphatic carbocycles. The maximum Gasteiger partial charge on any atom is 0.421 e. The van der Waals surface area contributed by atoms with Crippen LogP contribution in [0.15, 0.2) is 48.5 Å². The smallest absolute Gasteiger partial charge is 0.325 e. The molecule has 33 heavy (non-hydrogen) atoms. The normalized spacial score (nSPS) is 12.7. The Hall–Kier alpha value is -3.04. The van der Waals surface area contributed by atoms with Gasteiger partial charge in [0.25, 0.3) is 11.8 Å². The molecule has 2 N–H and O–H groups in total. The Kier molecular flexibility index (Phi) is 7.50. The molecule has 0 fully saturated rings. The van der Waals surface area contributed by atoms with Crippen molar-refractivity contribution in [1.29, 1.82) is 0 Å². The summed E-state index contributed by atoms with van der Waals surface area (Å²) in [6.45, 7) is 7.04. The summed E-state index contributed by atoms with van der Waals surface area (Å²) in [6.07, 6.45) is -12.5. The van der Waals surface area contributed by atoms with Crippen molar-refractivity contribution in [2.24, 2.45) is 5.41 Å². The standard InChI is InChI=1S/C23H24F6N2O2/c1-13(2)15-7-5-9-17(11-15)30-19(32)21(22(24,25)26,23(27,28)29)20(33)31-18-10-6-8-16(12-18)14(3)4/h5-14H,1-4H3,(H,30,32)(H,31,33). The molecule has 2 rings (SSSR count). The molecule has 0 aliphatic heterocycles. The van der Waals surface area contributed by atoms with Crippen molar-refractivity contribution in [1.82, 2.24) is 0 Å². The van der Waals surface area contributed by atoms with Crippen LogP contribution in [0.3, 0.4) is 0 Å². The highest BCUT2D eigenvalue weighted by atomic mass is 19.4. The van der Waals surface area contributed by atoms with Crippen LogP contribution in [0.2, 0.25) is 0 Å². The Morgan fingerprint density at radius 1 is 0.667 bits per heavy atom. The molecule has 0 unspecified atom stereocenters. The maximum atomic E-state index is 14.0. The summed E-state index contributed by atoms with van der Waals surface area (Å²) in [5, 5.41) is 3.30. The maximum absolute atomic E-state index is 14.0. The van der Waals surface area contributed by atoms with Crippen molar-refractivity contribution in [2.45, 2.75) is 51.9 Å². The van der Waals surface area contributed by atoms with Crippen LogP contribution in [0.4, 0.5) is 37.7 Å². The number of alkyl halides is 6. The van der Waals surface area contributed by atoms with Crippen LogP contribution in [0.5, 0.6) is 0 Å². The van der Waals surface area contributed by atoms with E-state index in [9.17, 15) is 35.9 Å². The number of hydrogen-bond donors (Lipinski definition) is 2. The average molecular weight is 474 g/mol. The van der Waals surface area contributed by atoms with Crippen molar-refractivity contribution in [3.8, 4) is 0 Å². The zero-order valence-corrected chi connectivity index (χ0v) is 18.4. The van der Waals surface area contributed by atoms with E-state index in [1.807, 2.05) is 0 Å². The zero-order chi connectivity index (χ0) is 25.2. The third-order valence-corrected chi connectivity index (χ3v) is 5.15. The summed E-state index contributed by atoms with van der Waals surface area (Å²) >= 11 is 0. The van der Waals surface area contributed by atoms with Gasteiger partial charge in [-0.15, -0.1) is 0 Å². The molecular formula is C23H24F6N2O2. The van der Waals surface area contributed by atoms with Crippen LogP contribution in [-0.2, 0) is 9.59 Å². The first-order valence-electron chi connectivity index (χ1n) is 10.1. The molecule has 2 amide bonds. The summed E-state index contributed by atoms with van der Waals surface area (Å²) in [7, 11) is 0. The van der Waals surface area contributed by atoms with Gasteiger partial charge in [-0.05, 0) is 47.2 Å². The number of anilines is 2. The summed E-state index contributed by atoms with van der Waals surface area (Å²) in [6, 6.07) is 10.8. The van der Waals surface area contributed by atoms with Gasteiger partial charge in [0.15, 0.2) is 0 Å². The lowest BCUT2D eigenvalue weighted by atomic mass is 9.83. The Balaban J connectivity index is 2.55. The van der Waals surface area contributed by atoms with Crippen molar-refractivity contribution in [3.63, 3.8) is 0 Å². The molecule has 0 saturated carbocycles. The molecule has 180 valence electrons. The van der Waals surface area contributed by atoms with Gasteiger partial charge in [-0.25, -0.2) is 0 Å². The molecule has 0 bridgehead atoms. The van der Waals surface area contributed by atoms with Gasteiger partial charge in [-0.3, -0.25) is 9.59 Å². The van der Waals surface area contributed by atoms with Crippen LogP contribution >= 0.6 is 0 Å². The third kappa shape index (κ3) is 5.31. The lowest BCUT2D eigenvalue weighted by Crippen LogP contribution is -2.64. The second-order valence-electron chi connectivity index (χ2n) is 8.21. The van der Waals surface area contributed by atoms with E-state index in [1.165, 1.54) is 24.3 Å². The first-order valence-corrected chi connectivity index (χ1v) is 10.1. The lowest BCUT2D eigenvalue weighted by molar-refractivity contribution is -0.308. The number of carbonyl (C=O) groups is 2. The van der Waals surface area contributed by atoms with E-state index >= 15 is 0 Å². The molecule has 4 nitrogen and oxygen atoms in total. The number of amides is 2. The highest BCUT2D eigenvalue weighted by molar-refractivity contribution is 6.16. The molecule has 0 atom stereocenters. The van der Waals surface area contributed by atoms with Crippen molar-refractivity contribution in [2.75, 3.05) is 10.6 Å². The van der Waals surface area contributed by atoms with Gasteiger partial charge >= 0.3 is 17.8 Å². The van der Waals surface area contributed by atoms with Gasteiger partial charge in [-0.2, -0.15) is 26.3 Å². The van der Waals surface area contributed by atoms with Crippen LogP contribution in [0, 0.1) is 5.41 Å². The molecule has 10 heteroatoms. The van der Waals surface area contributed by atoms with Gasteiger partial charge in [0.05, 0.1) is 0 Å². The number of benzene rings is 2. The number of rotatable bonds is 6. The molecule has 2 aromatic rings. The van der Waals surface area contributed by atoms with Crippen LogP contribution in [-0.4, -0.2) is 24.2 Å². The number of nitrogens with one attached hydrogen (secondary N) is 2. The van der Waals surface area contributed by atoms with E-state index in [0.29, 0.717) is 11.1 Å². The Morgan fingerprint density at radius 2 is 1.00 bits per heavy atom. The third-order valence-electron chi connectivity index (χ3n) is 5.15. The average Bonchev–Trinajstić information content (AvgIpc) is 2.66. The summed E-state index contributed by atoms with van der Waals surface area (Å²) in [5.74, 6) is -5.29. The molecule has 0 aromatic heterocycles. The van der Waals surface area contributed by atoms with Crippen LogP contribution in [0.1, 0.15) is 50.7 Å². The summed E-state index contributed by atoms with van der Waals surface area (Å²) in [4.78, 5) is 25.2. The summed E-state index contributed by atoms with van der Waals surface area (Å²) in [5.41, 5.74) is -4.76. The number of halogens is 6. The van der Waals surface area contributed by atoms with E-state index in [-0.39, 0.29) is 23.2 Å². The fourth-order valence-electron chi connectivity index (χ4n) is 3.18. The predicted molar refractivity (Wildman–Crippen MR) is 113 cm³/mol. The van der Waals surface area contributed by atoms with E-state index in [1.54, 1.807) is 50.5 Å². The van der Waals surface area contributed by atoms with Gasteiger partial charge in [-0.1, -0.05) is 52.0 Å². The Morgan fingerprint density at radius 3 is 1.27 bits per heavy atom. The Bertz CT molecular complexity index is 931. The van der Waals surface area contributed by atoms with Crippen molar-refractivity contribution in [3.05, 3.63) is 59.7 Å². The monoisotopic (exact) mass is 474 g/mol. The second kappa shape index (κ2) is 9.44. The van der Waals surface area contributed by atoms with E-state index in [2.05, 4.69) is 0 Å². The van der Waals surface area contributed by atoms with Gasteiger partial charge in [0.1, 0.15) is 0 Å². The lowest BCUT2D eigenvalue weighted by Gasteiger charge is -2.34. The highest BCUT2D eigenvalue weighted by Crippen LogP contribution is 2.52. The minimum absolute atomic E-state index is 0.103. The molecule has 0 heterocycles. The van der Waals surface area contributed by atoms with E-state index in [0.717, 1.165) is 12.1 Å². The zero-order valence-electron chi connectivity index (χ0n) is 18.4. The highest BCUT2D eigenvalue weighted by Gasteiger charge is 2.80. The number of carbonyl (C=O) groups excluding carboxylic acids is 2. The van der Waals surface area contributed by atoms with Gasteiger partial charge in [0, 0.05) is 11.4 Å². The topological polar surface area (TPSA) is 58.2 Å². The molecule has 0 aliphatic rings. The van der Waals surface area contributed by atoms with Crippen LogP contribution < -0.4 is 10.6 Å². The second-order valence-corrected chi connectivity index (χ2v) is 8.21. The SMILES string of the molecule is CC(C)c1cccc(NC(=O)C(C(=O)Nc2cccc(C(C)C)c2)(C(F)(F)F)C(F)(F)F)c1. The largest absolute Gasteiger partial charge is 0.421 e. The van der Waals surface area contributed by atoms with E-state index < -0.39 is 29.6 Å². The van der Waals surface area contributed by atoms with Crippen LogP contribution in [0.25, 0.3) is 0 Å². The molecular weight excluding hydrogens is 450 g/mol. The fourth-order valence-corrected chi connectivity index (χ4v) is 3.18. The molecule has 0 saturated heterocycles. The minimum Gasteiger partial charge on any atom is -0.325 e. The Labute approximate surface area is 187 Å². The minimum atomic E-state index is -6.27. The summed E-state index contributed by atoms with van der Waals surface area (Å²) < 4.78 is 83.7. The van der Waals surface area contributed by atoms with Gasteiger partial charge in [0.2, 0.25) is 0 Å². The van der Waals surface area contributed by atoms with Gasteiger partial charge < -0.3 is 10.6 Å². The first kappa shape index (κ1) is 26.2. The van der Waals surface area contributed by atoms with Crippen molar-refractivity contribution < 1.29 is 35.9 Å².